The third-order valence-electron chi connectivity index (χ3n) is 3.40. The van der Waals surface area contributed by atoms with Crippen LogP contribution in [0.4, 0.5) is 0 Å². The van der Waals surface area contributed by atoms with Crippen molar-refractivity contribution in [1.82, 2.24) is 5.43 Å². The number of phenolic OH excluding ortho intramolecular Hbond substituents is 1. The van der Waals surface area contributed by atoms with Gasteiger partial charge in [0.15, 0.2) is 17.6 Å². The van der Waals surface area contributed by atoms with Gasteiger partial charge in [0.2, 0.25) is 0 Å². The molecule has 25 heavy (non-hydrogen) atoms. The summed E-state index contributed by atoms with van der Waals surface area (Å²) in [6.45, 7) is 3.48. The molecule has 0 saturated heterocycles. The molecule has 2 aromatic carbocycles. The van der Waals surface area contributed by atoms with Crippen molar-refractivity contribution >= 4 is 23.7 Å². The first-order chi connectivity index (χ1) is 11.9. The number of aryl methyl sites for hydroxylation is 1. The number of methoxy groups -OCH3 is 1. The Morgan fingerprint density at radius 2 is 2.04 bits per heavy atom. The maximum Gasteiger partial charge on any atom is 0.280 e. The Morgan fingerprint density at radius 1 is 1.28 bits per heavy atom. The summed E-state index contributed by atoms with van der Waals surface area (Å²) < 4.78 is 10.6. The highest BCUT2D eigenvalue weighted by atomic mass is 35.5. The number of carbonyl (C=O) groups excluding carboxylic acids is 1. The molecule has 0 bridgehead atoms. The minimum absolute atomic E-state index is 0.0315. The van der Waals surface area contributed by atoms with Crippen molar-refractivity contribution in [2.24, 2.45) is 5.10 Å². The Bertz CT molecular complexity index is 793. The third-order valence-corrected chi connectivity index (χ3v) is 3.64. The lowest BCUT2D eigenvalue weighted by molar-refractivity contribution is -0.127. The number of nitrogens with zero attached hydrogens (tertiary/aromatic N) is 1. The number of carbonyl (C=O) groups is 1. The van der Waals surface area contributed by atoms with Crippen LogP contribution in [-0.4, -0.2) is 30.4 Å². The lowest BCUT2D eigenvalue weighted by Crippen LogP contribution is -2.33. The van der Waals surface area contributed by atoms with Gasteiger partial charge in [0.25, 0.3) is 5.91 Å². The maximum atomic E-state index is 12.1. The Morgan fingerprint density at radius 3 is 2.72 bits per heavy atom. The van der Waals surface area contributed by atoms with Crippen LogP contribution < -0.4 is 14.9 Å². The molecule has 0 aromatic heterocycles. The van der Waals surface area contributed by atoms with Crippen molar-refractivity contribution in [2.75, 3.05) is 7.11 Å². The molecule has 0 spiro atoms. The van der Waals surface area contributed by atoms with E-state index < -0.39 is 12.0 Å². The average Bonchev–Trinajstić information content (AvgIpc) is 2.58. The van der Waals surface area contributed by atoms with Gasteiger partial charge in [0.05, 0.1) is 13.3 Å². The number of hydrogen-bond acceptors (Lipinski definition) is 5. The van der Waals surface area contributed by atoms with Gasteiger partial charge in [-0.3, -0.25) is 4.79 Å². The largest absolute Gasteiger partial charge is 0.504 e. The molecule has 2 rings (SSSR count). The van der Waals surface area contributed by atoms with Gasteiger partial charge in [0.1, 0.15) is 5.75 Å². The maximum absolute atomic E-state index is 12.1. The van der Waals surface area contributed by atoms with Gasteiger partial charge in [-0.05, 0) is 61.4 Å². The molecule has 0 fully saturated rings. The Hall–Kier alpha value is -2.73. The van der Waals surface area contributed by atoms with E-state index in [0.717, 1.165) is 5.56 Å². The van der Waals surface area contributed by atoms with E-state index in [9.17, 15) is 9.90 Å². The molecule has 0 aliphatic rings. The van der Waals surface area contributed by atoms with E-state index in [1.807, 2.05) is 6.92 Å². The Kier molecular flexibility index (Phi) is 6.25. The van der Waals surface area contributed by atoms with Crippen molar-refractivity contribution < 1.29 is 19.4 Å². The zero-order chi connectivity index (χ0) is 18.4. The molecule has 2 aromatic rings. The van der Waals surface area contributed by atoms with E-state index >= 15 is 0 Å². The fourth-order valence-corrected chi connectivity index (χ4v) is 2.25. The Labute approximate surface area is 151 Å². The molecule has 0 saturated carbocycles. The molecular formula is C18H19ClN2O4. The molecule has 0 radical (unpaired) electrons. The van der Waals surface area contributed by atoms with Crippen molar-refractivity contribution in [3.63, 3.8) is 0 Å². The number of phenols is 1. The first kappa shape index (κ1) is 18.6. The minimum Gasteiger partial charge on any atom is -0.504 e. The van der Waals surface area contributed by atoms with Crippen LogP contribution in [0.3, 0.4) is 0 Å². The standard InChI is InChI=1S/C18H19ClN2O4/c1-11-8-14(19)5-7-16(11)25-12(2)18(23)21-20-10-13-4-6-15(22)17(9-13)24-3/h4-10,12,22H,1-3H3,(H,21,23). The van der Waals surface area contributed by atoms with E-state index in [2.05, 4.69) is 10.5 Å². The number of hydrazone groups is 1. The van der Waals surface area contributed by atoms with Crippen LogP contribution in [0.5, 0.6) is 17.2 Å². The number of aromatic hydroxyl groups is 1. The van der Waals surface area contributed by atoms with E-state index in [4.69, 9.17) is 21.1 Å². The van der Waals surface area contributed by atoms with Gasteiger partial charge in [-0.1, -0.05) is 11.6 Å². The van der Waals surface area contributed by atoms with Crippen molar-refractivity contribution in [1.29, 1.82) is 0 Å². The molecule has 1 atom stereocenters. The smallest absolute Gasteiger partial charge is 0.280 e. The highest BCUT2D eigenvalue weighted by Crippen LogP contribution is 2.25. The summed E-state index contributed by atoms with van der Waals surface area (Å²) in [5.74, 6) is 0.546. The fraction of sp³-hybridized carbons (Fsp3) is 0.222. The topological polar surface area (TPSA) is 80.2 Å². The predicted molar refractivity (Wildman–Crippen MR) is 96.7 cm³/mol. The number of rotatable bonds is 6. The lowest BCUT2D eigenvalue weighted by atomic mass is 10.2. The summed E-state index contributed by atoms with van der Waals surface area (Å²) in [5, 5.41) is 14.0. The molecule has 0 heterocycles. The molecular weight excluding hydrogens is 344 g/mol. The van der Waals surface area contributed by atoms with E-state index in [1.54, 1.807) is 37.3 Å². The van der Waals surface area contributed by atoms with Crippen LogP contribution in [0.1, 0.15) is 18.1 Å². The number of ether oxygens (including phenoxy) is 2. The van der Waals surface area contributed by atoms with Crippen LogP contribution in [0.15, 0.2) is 41.5 Å². The van der Waals surface area contributed by atoms with Crippen molar-refractivity contribution in [3.05, 3.63) is 52.5 Å². The van der Waals surface area contributed by atoms with Gasteiger partial charge in [0, 0.05) is 5.02 Å². The first-order valence-electron chi connectivity index (χ1n) is 7.53. The number of amides is 1. The quantitative estimate of drug-likeness (QED) is 0.610. The molecule has 6 nitrogen and oxygen atoms in total. The van der Waals surface area contributed by atoms with Gasteiger partial charge >= 0.3 is 0 Å². The highest BCUT2D eigenvalue weighted by molar-refractivity contribution is 6.30. The van der Waals surface area contributed by atoms with E-state index in [0.29, 0.717) is 22.1 Å². The van der Waals surface area contributed by atoms with Crippen LogP contribution in [0.25, 0.3) is 0 Å². The summed E-state index contributed by atoms with van der Waals surface area (Å²) >= 11 is 5.90. The lowest BCUT2D eigenvalue weighted by Gasteiger charge is -2.14. The monoisotopic (exact) mass is 362 g/mol. The number of benzene rings is 2. The summed E-state index contributed by atoms with van der Waals surface area (Å²) in [7, 11) is 1.45. The normalized spacial score (nSPS) is 12.0. The minimum atomic E-state index is -0.730. The Balaban J connectivity index is 1.94. The SMILES string of the molecule is COc1cc(C=NNC(=O)C(C)Oc2ccc(Cl)cc2C)ccc1O. The van der Waals surface area contributed by atoms with Gasteiger partial charge < -0.3 is 14.6 Å². The molecule has 1 amide bonds. The summed E-state index contributed by atoms with van der Waals surface area (Å²) in [4.78, 5) is 12.1. The second-order valence-corrected chi connectivity index (χ2v) is 5.77. The van der Waals surface area contributed by atoms with Crippen molar-refractivity contribution in [3.8, 4) is 17.2 Å². The summed E-state index contributed by atoms with van der Waals surface area (Å²) in [6, 6.07) is 9.90. The fourth-order valence-electron chi connectivity index (χ4n) is 2.02. The van der Waals surface area contributed by atoms with Crippen molar-refractivity contribution in [2.45, 2.75) is 20.0 Å². The second-order valence-electron chi connectivity index (χ2n) is 5.34. The summed E-state index contributed by atoms with van der Waals surface area (Å²) in [6.07, 6.45) is 0.714. The molecule has 1 unspecified atom stereocenters. The third kappa shape index (κ3) is 5.12. The van der Waals surface area contributed by atoms with Gasteiger partial charge in [-0.15, -0.1) is 0 Å². The number of nitrogens with one attached hydrogen (secondary N) is 1. The van der Waals surface area contributed by atoms with Crippen LogP contribution in [0.2, 0.25) is 5.02 Å². The molecule has 7 heteroatoms. The molecule has 132 valence electrons. The second kappa shape index (κ2) is 8.39. The average molecular weight is 363 g/mol. The molecule has 0 aliphatic carbocycles. The van der Waals surface area contributed by atoms with Crippen LogP contribution >= 0.6 is 11.6 Å². The van der Waals surface area contributed by atoms with Gasteiger partial charge in [-0.25, -0.2) is 5.43 Å². The zero-order valence-electron chi connectivity index (χ0n) is 14.1. The molecule has 0 aliphatic heterocycles. The van der Waals surface area contributed by atoms with E-state index in [1.165, 1.54) is 19.4 Å². The first-order valence-corrected chi connectivity index (χ1v) is 7.91. The van der Waals surface area contributed by atoms with Gasteiger partial charge in [-0.2, -0.15) is 5.10 Å². The zero-order valence-corrected chi connectivity index (χ0v) is 14.9. The number of hydrogen-bond donors (Lipinski definition) is 2. The highest BCUT2D eigenvalue weighted by Gasteiger charge is 2.15. The number of halogens is 1. The summed E-state index contributed by atoms with van der Waals surface area (Å²) in [5.41, 5.74) is 3.91. The molecule has 2 N–H and O–H groups in total. The van der Waals surface area contributed by atoms with E-state index in [-0.39, 0.29) is 5.75 Å². The predicted octanol–water partition coefficient (Wildman–Crippen LogP) is 3.28. The van der Waals surface area contributed by atoms with Crippen LogP contribution in [0, 0.1) is 6.92 Å². The van der Waals surface area contributed by atoms with Crippen LogP contribution in [-0.2, 0) is 4.79 Å².